The fraction of sp³-hybridized carbons (Fsp3) is 0.500. The highest BCUT2D eigenvalue weighted by Gasteiger charge is 1.98. The minimum atomic E-state index is 0.333. The molecular formula is C6H10N3. The summed E-state index contributed by atoms with van der Waals surface area (Å²) in [6, 6.07) is 0. The van der Waals surface area contributed by atoms with Crippen LogP contribution < -0.4 is 5.73 Å². The number of hydrogen-bond acceptors (Lipinski definition) is 1. The van der Waals surface area contributed by atoms with Gasteiger partial charge in [-0.1, -0.05) is 0 Å². The van der Waals surface area contributed by atoms with Crippen LogP contribution in [0.4, 0.5) is 0 Å². The molecule has 0 aromatic carbocycles. The lowest BCUT2D eigenvalue weighted by Gasteiger charge is -1.93. The van der Waals surface area contributed by atoms with Crippen molar-refractivity contribution >= 4 is 0 Å². The van der Waals surface area contributed by atoms with Crippen molar-refractivity contribution in [2.24, 2.45) is 7.05 Å². The van der Waals surface area contributed by atoms with E-state index in [0.717, 1.165) is 11.3 Å². The summed E-state index contributed by atoms with van der Waals surface area (Å²) in [7, 11) is 1.88. The molecule has 1 aromatic rings. The Morgan fingerprint density at radius 1 is 1.78 bits per heavy atom. The first kappa shape index (κ1) is 6.29. The number of rotatable bonds is 1. The van der Waals surface area contributed by atoms with Crippen molar-refractivity contribution in [2.75, 3.05) is 0 Å². The van der Waals surface area contributed by atoms with Crippen LogP contribution in [0.2, 0.25) is 0 Å². The van der Waals surface area contributed by atoms with Gasteiger partial charge in [-0.15, -0.1) is 0 Å². The van der Waals surface area contributed by atoms with Gasteiger partial charge in [0.25, 0.3) is 0 Å². The largest absolute Gasteiger partial charge is 0.273 e. The van der Waals surface area contributed by atoms with Crippen LogP contribution in [-0.4, -0.2) is 9.78 Å². The minimum absolute atomic E-state index is 0.333. The molecule has 0 aliphatic heterocycles. The zero-order chi connectivity index (χ0) is 6.85. The summed E-state index contributed by atoms with van der Waals surface area (Å²) < 4.78 is 1.78. The van der Waals surface area contributed by atoms with Crippen molar-refractivity contribution in [2.45, 2.75) is 13.5 Å². The summed E-state index contributed by atoms with van der Waals surface area (Å²) in [5.74, 6) is 0. The quantitative estimate of drug-likeness (QED) is 0.537. The molecule has 0 aliphatic carbocycles. The molecule has 9 heavy (non-hydrogen) atoms. The Hall–Kier alpha value is -0.830. The second kappa shape index (κ2) is 2.19. The Kier molecular flexibility index (Phi) is 1.53. The Morgan fingerprint density at radius 2 is 2.44 bits per heavy atom. The molecule has 0 saturated heterocycles. The van der Waals surface area contributed by atoms with Gasteiger partial charge in [0.05, 0.1) is 6.20 Å². The molecule has 1 rings (SSSR count). The van der Waals surface area contributed by atoms with Crippen molar-refractivity contribution in [1.29, 1.82) is 0 Å². The predicted molar refractivity (Wildman–Crippen MR) is 34.7 cm³/mol. The number of nitrogens with one attached hydrogen (secondary N) is 1. The first-order chi connectivity index (χ1) is 4.25. The highest BCUT2D eigenvalue weighted by molar-refractivity contribution is 5.14. The van der Waals surface area contributed by atoms with Gasteiger partial charge < -0.3 is 0 Å². The SMILES string of the molecule is Cc1c(C[NH])cnn1C. The molecule has 49 valence electrons. The third-order valence-electron chi connectivity index (χ3n) is 1.53. The fourth-order valence-corrected chi connectivity index (χ4v) is 0.718. The van der Waals surface area contributed by atoms with Crippen LogP contribution in [0.1, 0.15) is 11.3 Å². The molecule has 0 unspecified atom stereocenters. The van der Waals surface area contributed by atoms with Gasteiger partial charge in [-0.05, 0) is 6.92 Å². The molecular weight excluding hydrogens is 114 g/mol. The van der Waals surface area contributed by atoms with E-state index in [-0.39, 0.29) is 0 Å². The maximum absolute atomic E-state index is 7.04. The molecule has 0 spiro atoms. The summed E-state index contributed by atoms with van der Waals surface area (Å²) in [6.07, 6.45) is 1.74. The molecule has 1 N–H and O–H groups in total. The maximum atomic E-state index is 7.04. The van der Waals surface area contributed by atoms with Crippen LogP contribution in [0.15, 0.2) is 6.20 Å². The van der Waals surface area contributed by atoms with Crippen molar-refractivity contribution in [1.82, 2.24) is 15.5 Å². The Labute approximate surface area is 54.5 Å². The number of hydrogen-bond donors (Lipinski definition) is 0. The molecule has 0 fully saturated rings. The number of aromatic nitrogens is 2. The van der Waals surface area contributed by atoms with E-state index in [9.17, 15) is 0 Å². The highest BCUT2D eigenvalue weighted by Crippen LogP contribution is 2.03. The van der Waals surface area contributed by atoms with E-state index < -0.39 is 0 Å². The summed E-state index contributed by atoms with van der Waals surface area (Å²) in [5.41, 5.74) is 9.14. The zero-order valence-electron chi connectivity index (χ0n) is 5.68. The van der Waals surface area contributed by atoms with Crippen LogP contribution in [0.25, 0.3) is 0 Å². The van der Waals surface area contributed by atoms with Gasteiger partial charge in [-0.25, -0.2) is 0 Å². The van der Waals surface area contributed by atoms with Crippen molar-refractivity contribution in [3.63, 3.8) is 0 Å². The average molecular weight is 124 g/mol. The molecule has 3 nitrogen and oxygen atoms in total. The zero-order valence-corrected chi connectivity index (χ0v) is 5.68. The molecule has 3 heteroatoms. The van der Waals surface area contributed by atoms with E-state index >= 15 is 0 Å². The predicted octanol–water partition coefficient (Wildman–Crippen LogP) is 0.511. The number of nitrogens with zero attached hydrogens (tertiary/aromatic N) is 2. The van der Waals surface area contributed by atoms with Crippen molar-refractivity contribution in [3.05, 3.63) is 17.5 Å². The molecule has 0 aliphatic rings. The molecule has 1 heterocycles. The first-order valence-corrected chi connectivity index (χ1v) is 2.87. The molecule has 0 atom stereocenters. The smallest absolute Gasteiger partial charge is 0.0538 e. The lowest BCUT2D eigenvalue weighted by atomic mass is 10.3. The van der Waals surface area contributed by atoms with E-state index in [0.29, 0.717) is 6.54 Å². The summed E-state index contributed by atoms with van der Waals surface area (Å²) >= 11 is 0. The molecule has 0 bridgehead atoms. The van der Waals surface area contributed by atoms with E-state index in [1.807, 2.05) is 14.0 Å². The molecule has 1 aromatic heterocycles. The van der Waals surface area contributed by atoms with E-state index in [2.05, 4.69) is 5.10 Å². The van der Waals surface area contributed by atoms with E-state index in [1.54, 1.807) is 10.9 Å². The third-order valence-corrected chi connectivity index (χ3v) is 1.53. The number of aryl methyl sites for hydroxylation is 1. The minimum Gasteiger partial charge on any atom is -0.273 e. The van der Waals surface area contributed by atoms with Crippen LogP contribution in [0, 0.1) is 6.92 Å². The topological polar surface area (TPSA) is 41.6 Å². The lowest BCUT2D eigenvalue weighted by molar-refractivity contribution is 0.737. The Balaban J connectivity index is 3.04. The average Bonchev–Trinajstić information content (AvgIpc) is 2.15. The summed E-state index contributed by atoms with van der Waals surface area (Å²) in [4.78, 5) is 0. The lowest BCUT2D eigenvalue weighted by Crippen LogP contribution is -1.94. The standard InChI is InChI=1S/C6H10N3/c1-5-6(3-7)4-8-9(5)2/h4,7H,3H2,1-2H3. The van der Waals surface area contributed by atoms with E-state index in [1.165, 1.54) is 0 Å². The summed E-state index contributed by atoms with van der Waals surface area (Å²) in [5, 5.41) is 3.98. The van der Waals surface area contributed by atoms with Crippen LogP contribution in [-0.2, 0) is 13.6 Å². The van der Waals surface area contributed by atoms with Gasteiger partial charge in [-0.2, -0.15) is 5.10 Å². The van der Waals surface area contributed by atoms with Gasteiger partial charge in [0.1, 0.15) is 0 Å². The van der Waals surface area contributed by atoms with Gasteiger partial charge >= 0.3 is 0 Å². The van der Waals surface area contributed by atoms with Gasteiger partial charge in [0, 0.05) is 24.8 Å². The van der Waals surface area contributed by atoms with Crippen LogP contribution in [0.3, 0.4) is 0 Å². The van der Waals surface area contributed by atoms with Gasteiger partial charge in [0.15, 0.2) is 0 Å². The first-order valence-electron chi connectivity index (χ1n) is 2.87. The Morgan fingerprint density at radius 3 is 2.67 bits per heavy atom. The van der Waals surface area contributed by atoms with Crippen molar-refractivity contribution < 1.29 is 0 Å². The Bertz CT molecular complexity index is 202. The van der Waals surface area contributed by atoms with E-state index in [4.69, 9.17) is 5.73 Å². The molecule has 0 amide bonds. The third kappa shape index (κ3) is 0.954. The second-order valence-electron chi connectivity index (χ2n) is 2.06. The monoisotopic (exact) mass is 124 g/mol. The summed E-state index contributed by atoms with van der Waals surface area (Å²) in [6.45, 7) is 2.30. The molecule has 0 saturated carbocycles. The highest BCUT2D eigenvalue weighted by atomic mass is 15.3. The van der Waals surface area contributed by atoms with Crippen molar-refractivity contribution in [3.8, 4) is 0 Å². The second-order valence-corrected chi connectivity index (χ2v) is 2.06. The fourth-order valence-electron chi connectivity index (χ4n) is 0.718. The normalized spacial score (nSPS) is 10.1. The van der Waals surface area contributed by atoms with Gasteiger partial charge in [0.2, 0.25) is 0 Å². The van der Waals surface area contributed by atoms with Crippen LogP contribution >= 0.6 is 0 Å². The van der Waals surface area contributed by atoms with Crippen LogP contribution in [0.5, 0.6) is 0 Å². The van der Waals surface area contributed by atoms with Gasteiger partial charge in [-0.3, -0.25) is 10.4 Å². The maximum Gasteiger partial charge on any atom is 0.0538 e. The molecule has 1 radical (unpaired) electrons.